The van der Waals surface area contributed by atoms with Gasteiger partial charge in [0, 0.05) is 0 Å². The van der Waals surface area contributed by atoms with Crippen molar-refractivity contribution in [1.82, 2.24) is 5.32 Å². The SMILES string of the molecule is O=C(NC1(C(=O)O)CCCCCC1)c1ccc(F)cc1[N+](=O)[O-]. The molecule has 0 unspecified atom stereocenters. The summed E-state index contributed by atoms with van der Waals surface area (Å²) < 4.78 is 13.2. The van der Waals surface area contributed by atoms with Gasteiger partial charge < -0.3 is 10.4 Å². The topological polar surface area (TPSA) is 110 Å². The molecule has 0 bridgehead atoms. The van der Waals surface area contributed by atoms with Gasteiger partial charge in [0.15, 0.2) is 0 Å². The van der Waals surface area contributed by atoms with Crippen molar-refractivity contribution < 1.29 is 24.0 Å². The fourth-order valence-corrected chi connectivity index (χ4v) is 2.86. The van der Waals surface area contributed by atoms with Crippen LogP contribution in [-0.2, 0) is 4.79 Å². The Hall–Kier alpha value is -2.51. The van der Waals surface area contributed by atoms with Gasteiger partial charge in [-0.25, -0.2) is 9.18 Å². The van der Waals surface area contributed by atoms with Gasteiger partial charge in [0.25, 0.3) is 11.6 Å². The van der Waals surface area contributed by atoms with Crippen LogP contribution in [0.2, 0.25) is 0 Å². The Balaban J connectivity index is 2.33. The summed E-state index contributed by atoms with van der Waals surface area (Å²) in [4.78, 5) is 34.1. The normalized spacial score (nSPS) is 17.1. The number of hydrogen-bond donors (Lipinski definition) is 2. The number of carboxylic acids is 1. The number of carbonyl (C=O) groups is 2. The van der Waals surface area contributed by atoms with Gasteiger partial charge in [0.1, 0.15) is 16.9 Å². The number of nitrogens with zero attached hydrogens (tertiary/aromatic N) is 1. The van der Waals surface area contributed by atoms with Crippen LogP contribution in [0.4, 0.5) is 10.1 Å². The first-order chi connectivity index (χ1) is 10.9. The van der Waals surface area contributed by atoms with E-state index in [0.717, 1.165) is 25.0 Å². The molecule has 8 heteroatoms. The summed E-state index contributed by atoms with van der Waals surface area (Å²) in [6, 6.07) is 2.58. The van der Waals surface area contributed by atoms with E-state index in [1.165, 1.54) is 0 Å². The Morgan fingerprint density at radius 1 is 1.22 bits per heavy atom. The van der Waals surface area contributed by atoms with Crippen molar-refractivity contribution in [3.8, 4) is 0 Å². The van der Waals surface area contributed by atoms with Crippen molar-refractivity contribution in [3.63, 3.8) is 0 Å². The number of halogens is 1. The minimum atomic E-state index is -1.43. The van der Waals surface area contributed by atoms with Crippen LogP contribution in [0.1, 0.15) is 48.9 Å². The predicted molar refractivity (Wildman–Crippen MR) is 78.6 cm³/mol. The number of amides is 1. The molecule has 1 amide bonds. The fraction of sp³-hybridized carbons (Fsp3) is 0.467. The van der Waals surface area contributed by atoms with Crippen molar-refractivity contribution in [2.45, 2.75) is 44.1 Å². The molecule has 0 saturated heterocycles. The summed E-state index contributed by atoms with van der Waals surface area (Å²) in [5.41, 5.74) is -2.46. The average molecular weight is 324 g/mol. The fourth-order valence-electron chi connectivity index (χ4n) is 2.86. The van der Waals surface area contributed by atoms with Gasteiger partial charge in [-0.05, 0) is 25.0 Å². The monoisotopic (exact) mass is 324 g/mol. The lowest BCUT2D eigenvalue weighted by Gasteiger charge is -2.29. The number of nitrogens with one attached hydrogen (secondary N) is 1. The summed E-state index contributed by atoms with van der Waals surface area (Å²) >= 11 is 0. The Labute approximate surface area is 131 Å². The number of carbonyl (C=O) groups excluding carboxylic acids is 1. The lowest BCUT2D eigenvalue weighted by Crippen LogP contribution is -2.54. The first-order valence-electron chi connectivity index (χ1n) is 7.35. The number of nitro benzene ring substituents is 1. The van der Waals surface area contributed by atoms with Crippen LogP contribution in [0.25, 0.3) is 0 Å². The number of hydrogen-bond acceptors (Lipinski definition) is 4. The zero-order valence-electron chi connectivity index (χ0n) is 12.4. The van der Waals surface area contributed by atoms with E-state index < -0.39 is 33.8 Å². The molecule has 2 rings (SSSR count). The summed E-state index contributed by atoms with van der Waals surface area (Å²) in [7, 11) is 0. The summed E-state index contributed by atoms with van der Waals surface area (Å²) in [6.45, 7) is 0. The zero-order valence-corrected chi connectivity index (χ0v) is 12.4. The highest BCUT2D eigenvalue weighted by Gasteiger charge is 2.41. The average Bonchev–Trinajstić information content (AvgIpc) is 2.73. The molecule has 1 aliphatic carbocycles. The molecule has 0 radical (unpaired) electrons. The van der Waals surface area contributed by atoms with Crippen molar-refractivity contribution in [2.75, 3.05) is 0 Å². The van der Waals surface area contributed by atoms with E-state index >= 15 is 0 Å². The number of carboxylic acid groups (broad SMARTS) is 1. The molecule has 1 aromatic carbocycles. The predicted octanol–water partition coefficient (Wildman–Crippen LogP) is 2.64. The third kappa shape index (κ3) is 3.64. The van der Waals surface area contributed by atoms with Gasteiger partial charge >= 0.3 is 5.97 Å². The molecule has 1 fully saturated rings. The summed E-state index contributed by atoms with van der Waals surface area (Å²) in [6.07, 6.45) is 3.59. The van der Waals surface area contributed by atoms with E-state index in [4.69, 9.17) is 0 Å². The van der Waals surface area contributed by atoms with Crippen LogP contribution >= 0.6 is 0 Å². The van der Waals surface area contributed by atoms with Gasteiger partial charge in [-0.2, -0.15) is 0 Å². The smallest absolute Gasteiger partial charge is 0.329 e. The van der Waals surface area contributed by atoms with Gasteiger partial charge in [-0.1, -0.05) is 25.7 Å². The van der Waals surface area contributed by atoms with Gasteiger partial charge in [0.2, 0.25) is 0 Å². The van der Waals surface area contributed by atoms with E-state index in [1.807, 2.05) is 0 Å². The first kappa shape index (κ1) is 16.9. The van der Waals surface area contributed by atoms with Crippen molar-refractivity contribution in [3.05, 3.63) is 39.7 Å². The van der Waals surface area contributed by atoms with E-state index in [1.54, 1.807) is 0 Å². The van der Waals surface area contributed by atoms with Crippen molar-refractivity contribution in [1.29, 1.82) is 0 Å². The molecular formula is C15H17FN2O5. The molecule has 0 heterocycles. The lowest BCUT2D eigenvalue weighted by atomic mass is 9.89. The second-order valence-corrected chi connectivity index (χ2v) is 5.67. The van der Waals surface area contributed by atoms with E-state index in [9.17, 15) is 29.2 Å². The second-order valence-electron chi connectivity index (χ2n) is 5.67. The van der Waals surface area contributed by atoms with Crippen LogP contribution in [-0.4, -0.2) is 27.4 Å². The molecule has 23 heavy (non-hydrogen) atoms. The van der Waals surface area contributed by atoms with E-state index in [2.05, 4.69) is 5.32 Å². The molecule has 124 valence electrons. The Kier molecular flexibility index (Phi) is 4.92. The largest absolute Gasteiger partial charge is 0.480 e. The molecule has 1 aliphatic rings. The molecule has 1 saturated carbocycles. The maximum absolute atomic E-state index is 13.2. The molecule has 7 nitrogen and oxygen atoms in total. The van der Waals surface area contributed by atoms with Crippen molar-refractivity contribution in [2.24, 2.45) is 0 Å². The van der Waals surface area contributed by atoms with Gasteiger partial charge in [-0.15, -0.1) is 0 Å². The number of benzene rings is 1. The van der Waals surface area contributed by atoms with E-state index in [-0.39, 0.29) is 18.4 Å². The standard InChI is InChI=1S/C15H17FN2O5/c16-10-5-6-11(12(9-10)18(22)23)13(19)17-15(14(20)21)7-3-1-2-4-8-15/h5-6,9H,1-4,7-8H2,(H,17,19)(H,20,21). The first-order valence-corrected chi connectivity index (χ1v) is 7.35. The highest BCUT2D eigenvalue weighted by molar-refractivity contribution is 6.01. The van der Waals surface area contributed by atoms with Crippen LogP contribution in [0.5, 0.6) is 0 Å². The maximum atomic E-state index is 13.2. The molecule has 0 spiro atoms. The van der Waals surface area contributed by atoms with E-state index in [0.29, 0.717) is 18.9 Å². The van der Waals surface area contributed by atoms with Gasteiger partial charge in [-0.3, -0.25) is 14.9 Å². The van der Waals surface area contributed by atoms with Crippen molar-refractivity contribution >= 4 is 17.6 Å². The molecule has 0 aliphatic heterocycles. The highest BCUT2D eigenvalue weighted by atomic mass is 19.1. The zero-order chi connectivity index (χ0) is 17.0. The molecule has 0 aromatic heterocycles. The minimum absolute atomic E-state index is 0.267. The molecule has 0 atom stereocenters. The Bertz CT molecular complexity index is 639. The van der Waals surface area contributed by atoms with Gasteiger partial charge in [0.05, 0.1) is 11.0 Å². The Morgan fingerprint density at radius 2 is 1.83 bits per heavy atom. The quantitative estimate of drug-likeness (QED) is 0.502. The third-order valence-electron chi connectivity index (χ3n) is 4.12. The number of nitro groups is 1. The minimum Gasteiger partial charge on any atom is -0.480 e. The molecule has 1 aromatic rings. The second kappa shape index (κ2) is 6.72. The molecular weight excluding hydrogens is 307 g/mol. The summed E-state index contributed by atoms with van der Waals surface area (Å²) in [5, 5.41) is 22.9. The van der Waals surface area contributed by atoms with Crippen LogP contribution in [0.3, 0.4) is 0 Å². The maximum Gasteiger partial charge on any atom is 0.329 e. The van der Waals surface area contributed by atoms with Crippen LogP contribution in [0.15, 0.2) is 18.2 Å². The van der Waals surface area contributed by atoms with Crippen LogP contribution < -0.4 is 5.32 Å². The number of aliphatic carboxylic acids is 1. The van der Waals surface area contributed by atoms with Crippen LogP contribution in [0, 0.1) is 15.9 Å². The number of rotatable bonds is 4. The third-order valence-corrected chi connectivity index (χ3v) is 4.12. The Morgan fingerprint density at radius 3 is 2.35 bits per heavy atom. The highest BCUT2D eigenvalue weighted by Crippen LogP contribution is 2.29. The lowest BCUT2D eigenvalue weighted by molar-refractivity contribution is -0.385. The molecule has 2 N–H and O–H groups in total. The summed E-state index contributed by atoms with van der Waals surface area (Å²) in [5.74, 6) is -2.87.